The van der Waals surface area contributed by atoms with Crippen molar-refractivity contribution in [2.75, 3.05) is 6.61 Å². The molecule has 2 unspecified atom stereocenters. The summed E-state index contributed by atoms with van der Waals surface area (Å²) in [6.07, 6.45) is 3.28. The van der Waals surface area contributed by atoms with Gasteiger partial charge in [0.25, 0.3) is 0 Å². The van der Waals surface area contributed by atoms with Gasteiger partial charge >= 0.3 is 0 Å². The second-order valence-electron chi connectivity index (χ2n) is 3.65. The molecule has 11 heavy (non-hydrogen) atoms. The van der Waals surface area contributed by atoms with Crippen molar-refractivity contribution in [3.05, 3.63) is 11.6 Å². The molecule has 0 saturated carbocycles. The van der Waals surface area contributed by atoms with Gasteiger partial charge in [0.15, 0.2) is 0 Å². The van der Waals surface area contributed by atoms with Gasteiger partial charge in [-0.1, -0.05) is 25.5 Å². The summed E-state index contributed by atoms with van der Waals surface area (Å²) in [6.45, 7) is 9.62. The van der Waals surface area contributed by atoms with Crippen LogP contribution in [-0.4, -0.2) is 12.2 Å². The van der Waals surface area contributed by atoms with E-state index < -0.39 is 0 Å². The van der Waals surface area contributed by atoms with Gasteiger partial charge in [-0.25, -0.2) is 0 Å². The summed E-state index contributed by atoms with van der Waals surface area (Å²) >= 11 is 0. The van der Waals surface area contributed by atoms with Crippen molar-refractivity contribution in [3.8, 4) is 0 Å². The number of hydrogen-bond acceptors (Lipinski definition) is 1. The average molecular weight is 154 g/mol. The van der Waals surface area contributed by atoms with Crippen LogP contribution in [0.2, 0.25) is 0 Å². The summed E-state index contributed by atoms with van der Waals surface area (Å²) in [5, 5.41) is 0. The summed E-state index contributed by atoms with van der Waals surface area (Å²) < 4.78 is 5.72. The van der Waals surface area contributed by atoms with E-state index in [-0.39, 0.29) is 5.60 Å². The highest BCUT2D eigenvalue weighted by molar-refractivity contribution is 5.11. The molecule has 0 N–H and O–H groups in total. The lowest BCUT2D eigenvalue weighted by Crippen LogP contribution is -2.39. The van der Waals surface area contributed by atoms with Gasteiger partial charge in [-0.2, -0.15) is 0 Å². The van der Waals surface area contributed by atoms with E-state index in [1.807, 2.05) is 0 Å². The molecule has 64 valence electrons. The molecule has 1 nitrogen and oxygen atoms in total. The zero-order valence-corrected chi connectivity index (χ0v) is 7.98. The molecule has 0 fully saturated rings. The number of ether oxygens (including phenoxy) is 1. The molecular weight excluding hydrogens is 136 g/mol. The molecule has 0 spiro atoms. The van der Waals surface area contributed by atoms with Crippen molar-refractivity contribution < 1.29 is 4.74 Å². The van der Waals surface area contributed by atoms with Crippen molar-refractivity contribution in [2.24, 2.45) is 5.92 Å². The maximum Gasteiger partial charge on any atom is 0.0718 e. The van der Waals surface area contributed by atoms with Crippen LogP contribution in [0.25, 0.3) is 0 Å². The second-order valence-corrected chi connectivity index (χ2v) is 3.65. The predicted octanol–water partition coefficient (Wildman–Crippen LogP) is 2.77. The van der Waals surface area contributed by atoms with Gasteiger partial charge < -0.3 is 4.74 Å². The standard InChI is InChI=1S/C10H18O/c1-5-10(4)9(3)8(2)6-7-11-10/h6,9H,5,7H2,1-4H3. The monoisotopic (exact) mass is 154 g/mol. The van der Waals surface area contributed by atoms with E-state index in [0.29, 0.717) is 5.92 Å². The van der Waals surface area contributed by atoms with Gasteiger partial charge in [0.2, 0.25) is 0 Å². The largest absolute Gasteiger partial charge is 0.371 e. The van der Waals surface area contributed by atoms with Crippen LogP contribution in [0.3, 0.4) is 0 Å². The van der Waals surface area contributed by atoms with Gasteiger partial charge in [-0.05, 0) is 20.3 Å². The van der Waals surface area contributed by atoms with Crippen molar-refractivity contribution in [1.29, 1.82) is 0 Å². The van der Waals surface area contributed by atoms with Gasteiger partial charge in [-0.3, -0.25) is 0 Å². The van der Waals surface area contributed by atoms with Crippen LogP contribution in [0, 0.1) is 5.92 Å². The van der Waals surface area contributed by atoms with Crippen LogP contribution >= 0.6 is 0 Å². The third-order valence-electron chi connectivity index (χ3n) is 3.12. The molecule has 0 aliphatic carbocycles. The Bertz CT molecular complexity index is 172. The van der Waals surface area contributed by atoms with Crippen LogP contribution in [-0.2, 0) is 4.74 Å². The molecule has 0 bridgehead atoms. The van der Waals surface area contributed by atoms with E-state index >= 15 is 0 Å². The molecule has 1 heteroatoms. The predicted molar refractivity (Wildman–Crippen MR) is 47.6 cm³/mol. The Morgan fingerprint density at radius 1 is 1.73 bits per heavy atom. The van der Waals surface area contributed by atoms with Crippen molar-refractivity contribution in [2.45, 2.75) is 39.7 Å². The van der Waals surface area contributed by atoms with Crippen LogP contribution in [0.5, 0.6) is 0 Å². The van der Waals surface area contributed by atoms with Crippen LogP contribution < -0.4 is 0 Å². The zero-order valence-electron chi connectivity index (χ0n) is 7.98. The molecule has 1 aliphatic rings. The Hall–Kier alpha value is -0.300. The molecule has 0 amide bonds. The number of hydrogen-bond donors (Lipinski definition) is 0. The second kappa shape index (κ2) is 2.98. The Kier molecular flexibility index (Phi) is 2.38. The molecule has 2 atom stereocenters. The van der Waals surface area contributed by atoms with Crippen LogP contribution in [0.15, 0.2) is 11.6 Å². The minimum absolute atomic E-state index is 0.0822. The van der Waals surface area contributed by atoms with Gasteiger partial charge in [0.05, 0.1) is 12.2 Å². The first-order chi connectivity index (χ1) is 5.10. The lowest BCUT2D eigenvalue weighted by Gasteiger charge is -2.38. The third kappa shape index (κ3) is 1.48. The number of rotatable bonds is 1. The third-order valence-corrected chi connectivity index (χ3v) is 3.12. The van der Waals surface area contributed by atoms with E-state index in [4.69, 9.17) is 4.74 Å². The smallest absolute Gasteiger partial charge is 0.0718 e. The quantitative estimate of drug-likeness (QED) is 0.528. The minimum atomic E-state index is 0.0822. The first-order valence-corrected chi connectivity index (χ1v) is 4.41. The highest BCUT2D eigenvalue weighted by atomic mass is 16.5. The normalized spacial score (nSPS) is 38.5. The molecule has 1 rings (SSSR count). The van der Waals surface area contributed by atoms with Crippen LogP contribution in [0.1, 0.15) is 34.1 Å². The first-order valence-electron chi connectivity index (χ1n) is 4.41. The molecule has 0 radical (unpaired) electrons. The summed E-state index contributed by atoms with van der Waals surface area (Å²) in [5.74, 6) is 0.571. The van der Waals surface area contributed by atoms with E-state index in [0.717, 1.165) is 13.0 Å². The summed E-state index contributed by atoms with van der Waals surface area (Å²) in [5.41, 5.74) is 1.55. The van der Waals surface area contributed by atoms with E-state index in [1.165, 1.54) is 5.57 Å². The van der Waals surface area contributed by atoms with Crippen molar-refractivity contribution in [3.63, 3.8) is 0 Å². The maximum absolute atomic E-state index is 5.72. The Morgan fingerprint density at radius 2 is 2.36 bits per heavy atom. The first kappa shape index (κ1) is 8.79. The zero-order chi connectivity index (χ0) is 8.48. The molecule has 0 saturated heterocycles. The van der Waals surface area contributed by atoms with E-state index in [1.54, 1.807) is 0 Å². The van der Waals surface area contributed by atoms with Gasteiger partial charge in [0.1, 0.15) is 0 Å². The Balaban J connectivity index is 2.79. The topological polar surface area (TPSA) is 9.23 Å². The Labute approximate surface area is 69.4 Å². The Morgan fingerprint density at radius 3 is 2.82 bits per heavy atom. The highest BCUT2D eigenvalue weighted by Gasteiger charge is 2.33. The lowest BCUT2D eigenvalue weighted by molar-refractivity contribution is -0.0588. The summed E-state index contributed by atoms with van der Waals surface area (Å²) in [7, 11) is 0. The van der Waals surface area contributed by atoms with Gasteiger partial charge in [0, 0.05) is 5.92 Å². The maximum atomic E-state index is 5.72. The molecule has 0 aromatic rings. The highest BCUT2D eigenvalue weighted by Crippen LogP contribution is 2.33. The lowest BCUT2D eigenvalue weighted by atomic mass is 9.81. The molecular formula is C10H18O. The average Bonchev–Trinajstić information content (AvgIpc) is 2.00. The van der Waals surface area contributed by atoms with Crippen molar-refractivity contribution >= 4 is 0 Å². The molecule has 0 aromatic carbocycles. The molecule has 1 heterocycles. The minimum Gasteiger partial charge on any atom is -0.371 e. The molecule has 1 aliphatic heterocycles. The summed E-state index contributed by atoms with van der Waals surface area (Å²) in [4.78, 5) is 0. The fraction of sp³-hybridized carbons (Fsp3) is 0.800. The SMILES string of the molecule is CCC1(C)OCC=C(C)C1C. The fourth-order valence-corrected chi connectivity index (χ4v) is 1.56. The van der Waals surface area contributed by atoms with Crippen LogP contribution in [0.4, 0.5) is 0 Å². The fourth-order valence-electron chi connectivity index (χ4n) is 1.56. The van der Waals surface area contributed by atoms with E-state index in [2.05, 4.69) is 33.8 Å². The summed E-state index contributed by atoms with van der Waals surface area (Å²) in [6, 6.07) is 0. The van der Waals surface area contributed by atoms with Gasteiger partial charge in [-0.15, -0.1) is 0 Å². The molecule has 0 aromatic heterocycles. The van der Waals surface area contributed by atoms with E-state index in [9.17, 15) is 0 Å². The van der Waals surface area contributed by atoms with Crippen molar-refractivity contribution in [1.82, 2.24) is 0 Å².